The maximum atomic E-state index is 4.56. The van der Waals surface area contributed by atoms with E-state index in [9.17, 15) is 0 Å². The zero-order valence-electron chi connectivity index (χ0n) is 10.9. The van der Waals surface area contributed by atoms with Crippen molar-refractivity contribution in [3.05, 3.63) is 23.9 Å². The Morgan fingerprint density at radius 3 is 2.82 bits per heavy atom. The van der Waals surface area contributed by atoms with Gasteiger partial charge in [0.25, 0.3) is 0 Å². The maximum absolute atomic E-state index is 4.56. The van der Waals surface area contributed by atoms with Gasteiger partial charge in [-0.25, -0.2) is 4.98 Å². The molecule has 0 aliphatic carbocycles. The molecule has 1 aromatic rings. The van der Waals surface area contributed by atoms with E-state index in [0.717, 1.165) is 25.6 Å². The lowest BCUT2D eigenvalue weighted by molar-refractivity contribution is 0.393. The Bertz CT molecular complexity index is 343. The number of piperidine rings is 1. The summed E-state index contributed by atoms with van der Waals surface area (Å²) in [5.74, 6) is 2.10. The predicted octanol–water partition coefficient (Wildman–Crippen LogP) is 2.43. The molecule has 1 aromatic heterocycles. The predicted molar refractivity (Wildman–Crippen MR) is 72.2 cm³/mol. The number of nitrogens with zero attached hydrogens (tertiary/aromatic N) is 2. The molecule has 1 fully saturated rings. The highest BCUT2D eigenvalue weighted by atomic mass is 15.2. The van der Waals surface area contributed by atoms with Crippen LogP contribution in [0.4, 0.5) is 5.82 Å². The van der Waals surface area contributed by atoms with E-state index in [2.05, 4.69) is 28.2 Å². The Kier molecular flexibility index (Phi) is 4.37. The van der Waals surface area contributed by atoms with Crippen molar-refractivity contribution in [2.75, 3.05) is 25.0 Å². The van der Waals surface area contributed by atoms with Gasteiger partial charge in [0.15, 0.2) is 0 Å². The van der Waals surface area contributed by atoms with E-state index in [-0.39, 0.29) is 0 Å². The normalized spacial score (nSPS) is 17.4. The van der Waals surface area contributed by atoms with Crippen molar-refractivity contribution in [3.63, 3.8) is 0 Å². The summed E-state index contributed by atoms with van der Waals surface area (Å²) in [7, 11) is 1.99. The molecule has 1 aliphatic heterocycles. The number of rotatable bonds is 4. The van der Waals surface area contributed by atoms with Gasteiger partial charge in [0.05, 0.1) is 0 Å². The molecule has 0 unspecified atom stereocenters. The summed E-state index contributed by atoms with van der Waals surface area (Å²) in [4.78, 5) is 7.00. The fourth-order valence-electron chi connectivity index (χ4n) is 2.60. The summed E-state index contributed by atoms with van der Waals surface area (Å²) >= 11 is 0. The Hall–Kier alpha value is -1.09. The summed E-state index contributed by atoms with van der Waals surface area (Å²) in [5, 5.41) is 3.22. The first-order chi connectivity index (χ1) is 8.35. The van der Waals surface area contributed by atoms with Gasteiger partial charge in [-0.3, -0.25) is 0 Å². The topological polar surface area (TPSA) is 28.2 Å². The first-order valence-electron chi connectivity index (χ1n) is 6.68. The van der Waals surface area contributed by atoms with Crippen molar-refractivity contribution in [2.45, 2.75) is 32.7 Å². The van der Waals surface area contributed by atoms with Crippen LogP contribution in [0.3, 0.4) is 0 Å². The number of nitrogens with one attached hydrogen (secondary N) is 1. The van der Waals surface area contributed by atoms with Crippen LogP contribution in [0.5, 0.6) is 0 Å². The smallest absolute Gasteiger partial charge is 0.133 e. The molecule has 0 atom stereocenters. The highest BCUT2D eigenvalue weighted by molar-refractivity contribution is 5.47. The molecule has 0 amide bonds. The van der Waals surface area contributed by atoms with Gasteiger partial charge in [0, 0.05) is 31.4 Å². The molecule has 0 radical (unpaired) electrons. The summed E-state index contributed by atoms with van der Waals surface area (Å²) in [6, 6.07) is 4.19. The minimum Gasteiger partial charge on any atom is -0.356 e. The third-order valence-electron chi connectivity index (χ3n) is 3.73. The molecule has 1 aliphatic rings. The van der Waals surface area contributed by atoms with Crippen LogP contribution in [-0.4, -0.2) is 25.1 Å². The van der Waals surface area contributed by atoms with Gasteiger partial charge in [-0.2, -0.15) is 0 Å². The third-order valence-corrected chi connectivity index (χ3v) is 3.73. The van der Waals surface area contributed by atoms with E-state index in [1.807, 2.05) is 19.3 Å². The molecular formula is C14H23N3. The first kappa shape index (κ1) is 12.4. The van der Waals surface area contributed by atoms with Crippen LogP contribution in [0.1, 0.15) is 31.7 Å². The number of pyridine rings is 1. The Labute approximate surface area is 104 Å². The monoisotopic (exact) mass is 233 g/mol. The van der Waals surface area contributed by atoms with Gasteiger partial charge in [-0.05, 0) is 31.9 Å². The lowest BCUT2D eigenvalue weighted by Crippen LogP contribution is -2.35. The second-order valence-corrected chi connectivity index (χ2v) is 4.86. The summed E-state index contributed by atoms with van der Waals surface area (Å²) < 4.78 is 0. The summed E-state index contributed by atoms with van der Waals surface area (Å²) in [5.41, 5.74) is 1.31. The number of hydrogen-bond donors (Lipinski definition) is 1. The van der Waals surface area contributed by atoms with E-state index in [1.165, 1.54) is 30.6 Å². The lowest BCUT2D eigenvalue weighted by Gasteiger charge is -2.33. The third kappa shape index (κ3) is 2.97. The minimum absolute atomic E-state index is 0.900. The van der Waals surface area contributed by atoms with E-state index in [0.29, 0.717) is 0 Å². The van der Waals surface area contributed by atoms with Gasteiger partial charge in [0.1, 0.15) is 5.82 Å². The highest BCUT2D eigenvalue weighted by Crippen LogP contribution is 2.25. The second-order valence-electron chi connectivity index (χ2n) is 4.86. The molecule has 2 rings (SSSR count). The van der Waals surface area contributed by atoms with Crippen LogP contribution in [0.25, 0.3) is 0 Å². The lowest BCUT2D eigenvalue weighted by atomic mass is 9.94. The molecule has 0 bridgehead atoms. The molecular weight excluding hydrogens is 210 g/mol. The largest absolute Gasteiger partial charge is 0.356 e. The first-order valence-corrected chi connectivity index (χ1v) is 6.68. The molecule has 17 heavy (non-hydrogen) atoms. The SMILES string of the molecule is CCC1CCN(c2ncccc2CNC)CC1. The maximum Gasteiger partial charge on any atom is 0.133 e. The number of anilines is 1. The van der Waals surface area contributed by atoms with Gasteiger partial charge in [-0.15, -0.1) is 0 Å². The summed E-state index contributed by atoms with van der Waals surface area (Å²) in [6.07, 6.45) is 5.85. The van der Waals surface area contributed by atoms with Crippen molar-refractivity contribution in [1.82, 2.24) is 10.3 Å². The highest BCUT2D eigenvalue weighted by Gasteiger charge is 2.20. The van der Waals surface area contributed by atoms with Gasteiger partial charge in [0.2, 0.25) is 0 Å². The Balaban J connectivity index is 2.07. The van der Waals surface area contributed by atoms with Crippen LogP contribution in [0, 0.1) is 5.92 Å². The molecule has 1 saturated heterocycles. The minimum atomic E-state index is 0.900. The zero-order chi connectivity index (χ0) is 12.1. The fraction of sp³-hybridized carbons (Fsp3) is 0.643. The average Bonchev–Trinajstić information content (AvgIpc) is 2.40. The molecule has 0 spiro atoms. The quantitative estimate of drug-likeness (QED) is 0.865. The molecule has 1 N–H and O–H groups in total. The van der Waals surface area contributed by atoms with Crippen LogP contribution in [-0.2, 0) is 6.54 Å². The fourth-order valence-corrected chi connectivity index (χ4v) is 2.60. The molecule has 2 heterocycles. The van der Waals surface area contributed by atoms with E-state index >= 15 is 0 Å². The number of aromatic nitrogens is 1. The van der Waals surface area contributed by atoms with Crippen LogP contribution in [0.2, 0.25) is 0 Å². The molecule has 0 saturated carbocycles. The van der Waals surface area contributed by atoms with Crippen LogP contribution in [0.15, 0.2) is 18.3 Å². The van der Waals surface area contributed by atoms with Crippen molar-refractivity contribution >= 4 is 5.82 Å². The van der Waals surface area contributed by atoms with E-state index < -0.39 is 0 Å². The van der Waals surface area contributed by atoms with Crippen molar-refractivity contribution in [1.29, 1.82) is 0 Å². The van der Waals surface area contributed by atoms with Gasteiger partial charge < -0.3 is 10.2 Å². The van der Waals surface area contributed by atoms with Crippen LogP contribution < -0.4 is 10.2 Å². The molecule has 94 valence electrons. The Morgan fingerprint density at radius 2 is 2.18 bits per heavy atom. The molecule has 3 nitrogen and oxygen atoms in total. The van der Waals surface area contributed by atoms with Gasteiger partial charge in [-0.1, -0.05) is 19.4 Å². The second kappa shape index (κ2) is 6.01. The Morgan fingerprint density at radius 1 is 1.41 bits per heavy atom. The zero-order valence-corrected chi connectivity index (χ0v) is 10.9. The van der Waals surface area contributed by atoms with Gasteiger partial charge >= 0.3 is 0 Å². The standard InChI is InChI=1S/C14H23N3/c1-3-12-6-9-17(10-7-12)14-13(11-15-2)5-4-8-16-14/h4-5,8,12,15H,3,6-7,9-11H2,1-2H3. The van der Waals surface area contributed by atoms with E-state index in [1.54, 1.807) is 0 Å². The van der Waals surface area contributed by atoms with E-state index in [4.69, 9.17) is 0 Å². The number of hydrogen-bond acceptors (Lipinski definition) is 3. The van der Waals surface area contributed by atoms with Crippen LogP contribution >= 0.6 is 0 Å². The van der Waals surface area contributed by atoms with Crippen molar-refractivity contribution in [3.8, 4) is 0 Å². The average molecular weight is 233 g/mol. The molecule has 3 heteroatoms. The van der Waals surface area contributed by atoms with Crippen molar-refractivity contribution < 1.29 is 0 Å². The molecule has 0 aromatic carbocycles. The van der Waals surface area contributed by atoms with Crippen molar-refractivity contribution in [2.24, 2.45) is 5.92 Å². The summed E-state index contributed by atoms with van der Waals surface area (Å²) in [6.45, 7) is 5.52.